The van der Waals surface area contributed by atoms with Crippen molar-refractivity contribution in [3.05, 3.63) is 108 Å². The topological polar surface area (TPSA) is 38.9 Å². The molecule has 35 heavy (non-hydrogen) atoms. The highest BCUT2D eigenvalue weighted by molar-refractivity contribution is 6.16. The first-order valence-electron chi connectivity index (χ1n) is 11.8. The number of furan rings is 1. The molecular formula is C32H22N2O. The second kappa shape index (κ2) is 7.51. The van der Waals surface area contributed by atoms with Crippen LogP contribution in [0.3, 0.4) is 0 Å². The van der Waals surface area contributed by atoms with E-state index in [0.29, 0.717) is 0 Å². The standard InChI is InChI=1S/C32H22N2O/c1-19-16-22-6-3-4-7-23(22)17-28(19)24-14-15-33-29(18-24)27-9-5-8-25-26-13-12-21-11-10-20(2)34-30(21)32(26)35-31(25)27/h3-18H,1-2H3. The van der Waals surface area contributed by atoms with Gasteiger partial charge in [0.1, 0.15) is 11.1 Å². The molecule has 3 aromatic heterocycles. The normalized spacial score (nSPS) is 11.7. The summed E-state index contributed by atoms with van der Waals surface area (Å²) in [5.74, 6) is 0. The van der Waals surface area contributed by atoms with Gasteiger partial charge in [0.25, 0.3) is 0 Å². The monoisotopic (exact) mass is 450 g/mol. The molecule has 0 atom stereocenters. The summed E-state index contributed by atoms with van der Waals surface area (Å²) >= 11 is 0. The third-order valence-electron chi connectivity index (χ3n) is 6.90. The Bertz CT molecular complexity index is 1930. The van der Waals surface area contributed by atoms with Crippen molar-refractivity contribution in [1.29, 1.82) is 0 Å². The van der Waals surface area contributed by atoms with Crippen molar-refractivity contribution in [3.8, 4) is 22.4 Å². The number of benzene rings is 4. The first kappa shape index (κ1) is 19.9. The molecule has 0 amide bonds. The second-order valence-corrected chi connectivity index (χ2v) is 9.19. The van der Waals surface area contributed by atoms with Crippen molar-refractivity contribution in [2.75, 3.05) is 0 Å². The maximum atomic E-state index is 6.53. The van der Waals surface area contributed by atoms with Gasteiger partial charge in [0, 0.05) is 33.6 Å². The summed E-state index contributed by atoms with van der Waals surface area (Å²) in [5.41, 5.74) is 9.05. The van der Waals surface area contributed by atoms with Crippen molar-refractivity contribution >= 4 is 43.6 Å². The van der Waals surface area contributed by atoms with Crippen LogP contribution in [-0.4, -0.2) is 9.97 Å². The van der Waals surface area contributed by atoms with E-state index in [0.717, 1.165) is 55.4 Å². The molecule has 3 heterocycles. The first-order chi connectivity index (χ1) is 17.2. The molecule has 0 aliphatic rings. The van der Waals surface area contributed by atoms with E-state index in [4.69, 9.17) is 14.4 Å². The molecule has 0 N–H and O–H groups in total. The molecule has 0 aliphatic heterocycles. The van der Waals surface area contributed by atoms with Crippen LogP contribution in [-0.2, 0) is 0 Å². The van der Waals surface area contributed by atoms with E-state index >= 15 is 0 Å². The number of fused-ring (bicyclic) bond motifs is 6. The van der Waals surface area contributed by atoms with Crippen LogP contribution in [0.25, 0.3) is 66.0 Å². The molecule has 0 aliphatic carbocycles. The van der Waals surface area contributed by atoms with Gasteiger partial charge in [0.05, 0.1) is 5.69 Å². The zero-order chi connectivity index (χ0) is 23.5. The number of para-hydroxylation sites is 1. The van der Waals surface area contributed by atoms with Gasteiger partial charge in [0.15, 0.2) is 5.58 Å². The largest absolute Gasteiger partial charge is 0.453 e. The highest BCUT2D eigenvalue weighted by Gasteiger charge is 2.16. The Hall–Kier alpha value is -4.50. The molecule has 7 rings (SSSR count). The molecule has 0 saturated heterocycles. The van der Waals surface area contributed by atoms with Crippen LogP contribution in [0.5, 0.6) is 0 Å². The number of pyridine rings is 2. The van der Waals surface area contributed by atoms with Gasteiger partial charge in [-0.2, -0.15) is 0 Å². The van der Waals surface area contributed by atoms with Gasteiger partial charge in [-0.3, -0.25) is 4.98 Å². The van der Waals surface area contributed by atoms with Crippen molar-refractivity contribution in [3.63, 3.8) is 0 Å². The Morgan fingerprint density at radius 3 is 2.31 bits per heavy atom. The Kier molecular flexibility index (Phi) is 4.27. The summed E-state index contributed by atoms with van der Waals surface area (Å²) in [6.07, 6.45) is 1.89. The van der Waals surface area contributed by atoms with Crippen molar-refractivity contribution in [2.24, 2.45) is 0 Å². The number of nitrogens with zero attached hydrogens (tertiary/aromatic N) is 2. The molecule has 0 unspecified atom stereocenters. The number of rotatable bonds is 2. The molecule has 0 spiro atoms. The first-order valence-corrected chi connectivity index (χ1v) is 11.8. The molecule has 7 aromatic rings. The Morgan fingerprint density at radius 2 is 1.43 bits per heavy atom. The number of aromatic nitrogens is 2. The number of hydrogen-bond donors (Lipinski definition) is 0. The molecule has 166 valence electrons. The van der Waals surface area contributed by atoms with E-state index in [-0.39, 0.29) is 0 Å². The van der Waals surface area contributed by atoms with E-state index in [2.05, 4.69) is 91.9 Å². The molecule has 0 bridgehead atoms. The van der Waals surface area contributed by atoms with E-state index in [1.165, 1.54) is 21.9 Å². The van der Waals surface area contributed by atoms with Gasteiger partial charge in [-0.25, -0.2) is 4.98 Å². The van der Waals surface area contributed by atoms with Crippen LogP contribution in [0.4, 0.5) is 0 Å². The fourth-order valence-electron chi connectivity index (χ4n) is 5.15. The Labute approximate surface area is 202 Å². The summed E-state index contributed by atoms with van der Waals surface area (Å²) in [6, 6.07) is 31.9. The summed E-state index contributed by atoms with van der Waals surface area (Å²) in [6.45, 7) is 4.18. The lowest BCUT2D eigenvalue weighted by molar-refractivity contribution is 0.672. The van der Waals surface area contributed by atoms with Crippen LogP contribution in [0.1, 0.15) is 11.3 Å². The highest BCUT2D eigenvalue weighted by atomic mass is 16.3. The quantitative estimate of drug-likeness (QED) is 0.265. The lowest BCUT2D eigenvalue weighted by Crippen LogP contribution is -1.89. The van der Waals surface area contributed by atoms with Gasteiger partial charge >= 0.3 is 0 Å². The molecule has 0 fully saturated rings. The molecule has 0 radical (unpaired) electrons. The highest BCUT2D eigenvalue weighted by Crippen LogP contribution is 2.39. The second-order valence-electron chi connectivity index (χ2n) is 9.19. The minimum absolute atomic E-state index is 0.829. The van der Waals surface area contributed by atoms with Gasteiger partial charge in [-0.15, -0.1) is 0 Å². The lowest BCUT2D eigenvalue weighted by atomic mass is 9.95. The van der Waals surface area contributed by atoms with Crippen molar-refractivity contribution < 1.29 is 4.42 Å². The summed E-state index contributed by atoms with van der Waals surface area (Å²) in [5, 5.41) is 5.73. The average molecular weight is 451 g/mol. The molecule has 3 nitrogen and oxygen atoms in total. The average Bonchev–Trinajstić information content (AvgIpc) is 3.28. The summed E-state index contributed by atoms with van der Waals surface area (Å²) in [7, 11) is 0. The van der Waals surface area contributed by atoms with Crippen LogP contribution < -0.4 is 0 Å². The maximum absolute atomic E-state index is 6.53. The molecule has 3 heteroatoms. The van der Waals surface area contributed by atoms with Gasteiger partial charge in [-0.1, -0.05) is 54.6 Å². The van der Waals surface area contributed by atoms with Crippen molar-refractivity contribution in [1.82, 2.24) is 9.97 Å². The zero-order valence-corrected chi connectivity index (χ0v) is 19.5. The zero-order valence-electron chi connectivity index (χ0n) is 19.5. The molecule has 4 aromatic carbocycles. The molecular weight excluding hydrogens is 428 g/mol. The van der Waals surface area contributed by atoms with E-state index in [1.807, 2.05) is 19.2 Å². The predicted molar refractivity (Wildman–Crippen MR) is 145 cm³/mol. The van der Waals surface area contributed by atoms with Crippen LogP contribution >= 0.6 is 0 Å². The SMILES string of the molecule is Cc1ccc2ccc3c4cccc(-c5cc(-c6cc7ccccc7cc6C)ccn5)c4oc3c2n1. The maximum Gasteiger partial charge on any atom is 0.161 e. The van der Waals surface area contributed by atoms with E-state index in [9.17, 15) is 0 Å². The van der Waals surface area contributed by atoms with E-state index < -0.39 is 0 Å². The molecule has 0 saturated carbocycles. The lowest BCUT2D eigenvalue weighted by Gasteiger charge is -2.10. The number of hydrogen-bond acceptors (Lipinski definition) is 3. The van der Waals surface area contributed by atoms with Crippen molar-refractivity contribution in [2.45, 2.75) is 13.8 Å². The van der Waals surface area contributed by atoms with Gasteiger partial charge in [-0.05, 0) is 77.7 Å². The summed E-state index contributed by atoms with van der Waals surface area (Å²) < 4.78 is 6.53. The Balaban J connectivity index is 1.44. The predicted octanol–water partition coefficient (Wildman–Crippen LogP) is 8.63. The van der Waals surface area contributed by atoms with Crippen LogP contribution in [0, 0.1) is 13.8 Å². The van der Waals surface area contributed by atoms with E-state index in [1.54, 1.807) is 0 Å². The van der Waals surface area contributed by atoms with Crippen LogP contribution in [0.15, 0.2) is 102 Å². The fraction of sp³-hybridized carbons (Fsp3) is 0.0625. The minimum atomic E-state index is 0.829. The third-order valence-corrected chi connectivity index (χ3v) is 6.90. The summed E-state index contributed by atoms with van der Waals surface area (Å²) in [4.78, 5) is 9.53. The number of aryl methyl sites for hydroxylation is 2. The van der Waals surface area contributed by atoms with Crippen LogP contribution in [0.2, 0.25) is 0 Å². The van der Waals surface area contributed by atoms with Gasteiger partial charge in [0.2, 0.25) is 0 Å². The third kappa shape index (κ3) is 3.12. The Morgan fingerprint density at radius 1 is 0.629 bits per heavy atom. The fourth-order valence-corrected chi connectivity index (χ4v) is 5.15. The van der Waals surface area contributed by atoms with Gasteiger partial charge < -0.3 is 4.42 Å². The minimum Gasteiger partial charge on any atom is -0.453 e. The smallest absolute Gasteiger partial charge is 0.161 e.